The van der Waals surface area contributed by atoms with Crippen LogP contribution in [0.2, 0.25) is 0 Å². The molecule has 2 atom stereocenters. The molecule has 2 unspecified atom stereocenters. The van der Waals surface area contributed by atoms with Crippen molar-refractivity contribution in [3.05, 3.63) is 12.2 Å². The molecule has 0 saturated heterocycles. The van der Waals surface area contributed by atoms with E-state index in [1.54, 1.807) is 4.90 Å². The van der Waals surface area contributed by atoms with E-state index in [4.69, 9.17) is 9.47 Å². The maximum absolute atomic E-state index is 13.2. The van der Waals surface area contributed by atoms with E-state index in [1.165, 1.54) is 44.9 Å². The Morgan fingerprint density at radius 3 is 1.91 bits per heavy atom. The first kappa shape index (κ1) is 41.1. The third-order valence-corrected chi connectivity index (χ3v) is 8.35. The van der Waals surface area contributed by atoms with Crippen LogP contribution in [-0.2, 0) is 23.9 Å². The second-order valence-corrected chi connectivity index (χ2v) is 12.1. The average molecular weight is 609 g/mol. The van der Waals surface area contributed by atoms with Gasteiger partial charge in [-0.3, -0.25) is 14.4 Å². The summed E-state index contributed by atoms with van der Waals surface area (Å²) in [6, 6.07) is 0.0942. The van der Waals surface area contributed by atoms with Crippen LogP contribution >= 0.6 is 0 Å². The lowest BCUT2D eigenvalue weighted by Crippen LogP contribution is -2.41. The zero-order chi connectivity index (χ0) is 32.1. The molecule has 0 spiro atoms. The number of nitrogens with zero attached hydrogens (tertiary/aromatic N) is 2. The molecule has 0 aromatic carbocycles. The molecule has 0 aliphatic heterocycles. The molecule has 7 nitrogen and oxygen atoms in total. The number of esters is 2. The SMILES string of the molecule is CC/C=C\CCCCC(=O)OCCN(CCOC(=O)C(CCCCCC)CCCCCCCC)C(=O)CC(C)N(C)CC. The first-order valence-corrected chi connectivity index (χ1v) is 17.8. The predicted octanol–water partition coefficient (Wildman–Crippen LogP) is 8.50. The molecule has 0 bridgehead atoms. The number of hydrogen-bond acceptors (Lipinski definition) is 6. The fourth-order valence-corrected chi connectivity index (χ4v) is 5.11. The van der Waals surface area contributed by atoms with E-state index in [2.05, 4.69) is 44.7 Å². The van der Waals surface area contributed by atoms with Gasteiger partial charge in [0.25, 0.3) is 0 Å². The molecule has 43 heavy (non-hydrogen) atoms. The maximum atomic E-state index is 13.2. The summed E-state index contributed by atoms with van der Waals surface area (Å²) in [5, 5.41) is 0. The van der Waals surface area contributed by atoms with Crippen LogP contribution in [0.25, 0.3) is 0 Å². The van der Waals surface area contributed by atoms with Crippen molar-refractivity contribution in [2.24, 2.45) is 5.92 Å². The van der Waals surface area contributed by atoms with Gasteiger partial charge in [-0.05, 0) is 59.0 Å². The second-order valence-electron chi connectivity index (χ2n) is 12.1. The Balaban J connectivity index is 4.94. The number of hydrogen-bond donors (Lipinski definition) is 0. The normalized spacial score (nSPS) is 12.9. The molecule has 0 aromatic heterocycles. The number of carbonyl (C=O) groups is 3. The van der Waals surface area contributed by atoms with Crippen molar-refractivity contribution >= 4 is 17.8 Å². The number of carbonyl (C=O) groups excluding carboxylic acids is 3. The van der Waals surface area contributed by atoms with E-state index in [9.17, 15) is 14.4 Å². The van der Waals surface area contributed by atoms with Crippen LogP contribution in [0.15, 0.2) is 12.2 Å². The zero-order valence-corrected chi connectivity index (χ0v) is 29.0. The van der Waals surface area contributed by atoms with Gasteiger partial charge in [0.1, 0.15) is 13.2 Å². The molecule has 0 radical (unpaired) electrons. The van der Waals surface area contributed by atoms with Crippen LogP contribution in [0.4, 0.5) is 0 Å². The molecule has 0 fully saturated rings. The highest BCUT2D eigenvalue weighted by Gasteiger charge is 2.22. The van der Waals surface area contributed by atoms with E-state index in [-0.39, 0.29) is 43.0 Å². The van der Waals surface area contributed by atoms with Crippen LogP contribution in [-0.4, -0.2) is 73.6 Å². The van der Waals surface area contributed by atoms with E-state index >= 15 is 0 Å². The highest BCUT2D eigenvalue weighted by molar-refractivity contribution is 5.77. The molecule has 1 amide bonds. The van der Waals surface area contributed by atoms with Gasteiger partial charge >= 0.3 is 11.9 Å². The molecule has 0 saturated carbocycles. The van der Waals surface area contributed by atoms with Gasteiger partial charge in [0.05, 0.1) is 19.0 Å². The average Bonchev–Trinajstić information content (AvgIpc) is 3.00. The Bertz CT molecular complexity index is 726. The molecular formula is C36H68N2O5. The van der Waals surface area contributed by atoms with Crippen LogP contribution in [0.3, 0.4) is 0 Å². The molecular weight excluding hydrogens is 540 g/mol. The first-order valence-electron chi connectivity index (χ1n) is 17.8. The van der Waals surface area contributed by atoms with Crippen molar-refractivity contribution in [3.8, 4) is 0 Å². The van der Waals surface area contributed by atoms with Crippen LogP contribution in [0.5, 0.6) is 0 Å². The quantitative estimate of drug-likeness (QED) is 0.0481. The Morgan fingerprint density at radius 2 is 1.30 bits per heavy atom. The molecule has 0 rings (SSSR count). The van der Waals surface area contributed by atoms with Gasteiger partial charge in [0.15, 0.2) is 0 Å². The van der Waals surface area contributed by atoms with Crippen molar-refractivity contribution in [2.45, 2.75) is 156 Å². The standard InChI is InChI=1S/C36H68N2O5/c1-7-11-14-17-19-22-25-33(24-21-16-13-9-3)36(41)43-30-28-38(34(39)31-32(5)37(6)10-4)27-29-42-35(40)26-23-20-18-15-12-8-2/h12,15,32-33H,7-11,13-14,16-31H2,1-6H3/b15-12-. The maximum Gasteiger partial charge on any atom is 0.308 e. The minimum atomic E-state index is -0.224. The van der Waals surface area contributed by atoms with Crippen molar-refractivity contribution < 1.29 is 23.9 Å². The lowest BCUT2D eigenvalue weighted by molar-refractivity contribution is -0.151. The van der Waals surface area contributed by atoms with Crippen molar-refractivity contribution in [3.63, 3.8) is 0 Å². The predicted molar refractivity (Wildman–Crippen MR) is 179 cm³/mol. The largest absolute Gasteiger partial charge is 0.464 e. The number of allylic oxidation sites excluding steroid dienone is 2. The fraction of sp³-hybridized carbons (Fsp3) is 0.861. The van der Waals surface area contributed by atoms with E-state index in [0.717, 1.165) is 64.3 Å². The summed E-state index contributed by atoms with van der Waals surface area (Å²) >= 11 is 0. The molecule has 0 aromatic rings. The van der Waals surface area contributed by atoms with Crippen molar-refractivity contribution in [1.29, 1.82) is 0 Å². The minimum absolute atomic E-state index is 0.00851. The van der Waals surface area contributed by atoms with Crippen LogP contribution in [0, 0.1) is 5.92 Å². The van der Waals surface area contributed by atoms with Gasteiger partial charge in [-0.15, -0.1) is 0 Å². The number of rotatable bonds is 29. The van der Waals surface area contributed by atoms with Gasteiger partial charge in [0, 0.05) is 18.9 Å². The van der Waals surface area contributed by atoms with Gasteiger partial charge in [-0.1, -0.05) is 104 Å². The van der Waals surface area contributed by atoms with Crippen molar-refractivity contribution in [1.82, 2.24) is 9.80 Å². The Kier molecular flexibility index (Phi) is 27.6. The summed E-state index contributed by atoms with van der Waals surface area (Å²) in [6.45, 7) is 12.5. The smallest absolute Gasteiger partial charge is 0.308 e. The monoisotopic (exact) mass is 609 g/mol. The van der Waals surface area contributed by atoms with Crippen molar-refractivity contribution in [2.75, 3.05) is 39.9 Å². The topological polar surface area (TPSA) is 76.1 Å². The summed E-state index contributed by atoms with van der Waals surface area (Å²) < 4.78 is 11.2. The first-order chi connectivity index (χ1) is 20.8. The van der Waals surface area contributed by atoms with Gasteiger partial charge in [-0.25, -0.2) is 0 Å². The number of ether oxygens (including phenoxy) is 2. The lowest BCUT2D eigenvalue weighted by Gasteiger charge is -2.27. The fourth-order valence-electron chi connectivity index (χ4n) is 5.11. The lowest BCUT2D eigenvalue weighted by atomic mass is 9.94. The Morgan fingerprint density at radius 1 is 0.721 bits per heavy atom. The van der Waals surface area contributed by atoms with Gasteiger partial charge in [-0.2, -0.15) is 0 Å². The third-order valence-electron chi connectivity index (χ3n) is 8.35. The third kappa shape index (κ3) is 23.2. The summed E-state index contributed by atoms with van der Waals surface area (Å²) in [4.78, 5) is 42.4. The second kappa shape index (κ2) is 28.9. The minimum Gasteiger partial charge on any atom is -0.464 e. The highest BCUT2D eigenvalue weighted by atomic mass is 16.5. The van der Waals surface area contributed by atoms with Crippen LogP contribution in [0.1, 0.15) is 150 Å². The van der Waals surface area contributed by atoms with Gasteiger partial charge in [0.2, 0.25) is 5.91 Å². The molecule has 0 aliphatic rings. The highest BCUT2D eigenvalue weighted by Crippen LogP contribution is 2.20. The number of amides is 1. The number of unbranched alkanes of at least 4 members (excludes halogenated alkanes) is 10. The van der Waals surface area contributed by atoms with Gasteiger partial charge < -0.3 is 19.3 Å². The van der Waals surface area contributed by atoms with E-state index < -0.39 is 0 Å². The Hall–Kier alpha value is -1.89. The molecule has 0 N–H and O–H groups in total. The van der Waals surface area contributed by atoms with Crippen LogP contribution < -0.4 is 0 Å². The summed E-state index contributed by atoms with van der Waals surface area (Å²) in [5.74, 6) is -0.427. The molecule has 0 heterocycles. The summed E-state index contributed by atoms with van der Waals surface area (Å²) in [6.07, 6.45) is 22.4. The summed E-state index contributed by atoms with van der Waals surface area (Å²) in [7, 11) is 2.01. The molecule has 7 heteroatoms. The Labute approximate surface area is 265 Å². The van der Waals surface area contributed by atoms with E-state index in [0.29, 0.717) is 25.9 Å². The summed E-state index contributed by atoms with van der Waals surface area (Å²) in [5.41, 5.74) is 0. The molecule has 0 aliphatic carbocycles. The zero-order valence-electron chi connectivity index (χ0n) is 29.0. The van der Waals surface area contributed by atoms with E-state index in [1.807, 2.05) is 14.0 Å². The molecule has 252 valence electrons.